The van der Waals surface area contributed by atoms with Gasteiger partial charge in [0.1, 0.15) is 0 Å². The molecule has 0 saturated carbocycles. The Hall–Kier alpha value is -7.36. The van der Waals surface area contributed by atoms with Crippen LogP contribution in [-0.2, 0) is 60.0 Å². The zero-order valence-electron chi connectivity index (χ0n) is 36.5. The first-order chi connectivity index (χ1) is 30.9. The van der Waals surface area contributed by atoms with Gasteiger partial charge in [-0.15, -0.1) is 0 Å². The predicted octanol–water partition coefficient (Wildman–Crippen LogP) is 2.15. The van der Waals surface area contributed by atoms with Gasteiger partial charge >= 0.3 is 0 Å². The van der Waals surface area contributed by atoms with E-state index in [1.165, 1.54) is 0 Å². The first kappa shape index (κ1) is 47.7. The van der Waals surface area contributed by atoms with Crippen molar-refractivity contribution in [3.8, 4) is 0 Å². The quantitative estimate of drug-likeness (QED) is 0.122. The van der Waals surface area contributed by atoms with Crippen molar-refractivity contribution in [3.05, 3.63) is 144 Å². The van der Waals surface area contributed by atoms with Gasteiger partial charge in [-0.3, -0.25) is 38.4 Å². The van der Waals surface area contributed by atoms with Gasteiger partial charge in [0.2, 0.25) is 47.3 Å². The van der Waals surface area contributed by atoms with Gasteiger partial charge in [-0.2, -0.15) is 0 Å². The van der Waals surface area contributed by atoms with Crippen LogP contribution in [-0.4, -0.2) is 73.9 Å². The Labute approximate surface area is 372 Å². The van der Waals surface area contributed by atoms with Gasteiger partial charge in [0, 0.05) is 0 Å². The standard InChI is InChI=1S/4C12H14N2O2/c4*1-2-12(9-6-4-3-5-7-9)10(15)13-8-14-11(12)16/h4*3-7H,2,8H2,1H3,(H,13,15)(H,14,16). The minimum absolute atomic E-state index is 0.215. The number of amides is 8. The molecule has 8 rings (SSSR count). The van der Waals surface area contributed by atoms with Gasteiger partial charge < -0.3 is 42.5 Å². The molecule has 0 aromatic heterocycles. The minimum atomic E-state index is -1.07. The summed E-state index contributed by atoms with van der Waals surface area (Å²) in [5.74, 6) is -1.74. The Morgan fingerprint density at radius 3 is 0.547 bits per heavy atom. The molecule has 0 aliphatic carbocycles. The second-order valence-corrected chi connectivity index (χ2v) is 15.3. The molecule has 4 saturated heterocycles. The van der Waals surface area contributed by atoms with E-state index in [0.29, 0.717) is 25.7 Å². The maximum Gasteiger partial charge on any atom is 0.241 e. The van der Waals surface area contributed by atoms with E-state index < -0.39 is 21.7 Å². The Morgan fingerprint density at radius 1 is 0.281 bits per heavy atom. The lowest BCUT2D eigenvalue weighted by atomic mass is 9.75. The fraction of sp³-hybridized carbons (Fsp3) is 0.333. The van der Waals surface area contributed by atoms with Crippen molar-refractivity contribution < 1.29 is 38.4 Å². The normalized spacial score (nSPS) is 18.8. The lowest BCUT2D eigenvalue weighted by molar-refractivity contribution is -0.143. The van der Waals surface area contributed by atoms with Gasteiger partial charge in [-0.05, 0) is 47.9 Å². The van der Waals surface area contributed by atoms with Crippen LogP contribution in [0, 0.1) is 0 Å². The highest BCUT2D eigenvalue weighted by atomic mass is 16.2. The van der Waals surface area contributed by atoms with E-state index in [-0.39, 0.29) is 73.9 Å². The van der Waals surface area contributed by atoms with E-state index in [1.807, 2.05) is 149 Å². The number of benzene rings is 4. The van der Waals surface area contributed by atoms with Crippen LogP contribution in [0.2, 0.25) is 0 Å². The van der Waals surface area contributed by atoms with Gasteiger partial charge in [0.05, 0.1) is 26.7 Å². The first-order valence-electron chi connectivity index (χ1n) is 21.3. The van der Waals surface area contributed by atoms with Crippen LogP contribution in [0.25, 0.3) is 0 Å². The summed E-state index contributed by atoms with van der Waals surface area (Å²) in [4.78, 5) is 95.9. The summed E-state index contributed by atoms with van der Waals surface area (Å²) in [6.45, 7) is 8.24. The van der Waals surface area contributed by atoms with E-state index >= 15 is 0 Å². The number of rotatable bonds is 8. The van der Waals surface area contributed by atoms with Crippen LogP contribution >= 0.6 is 0 Å². The summed E-state index contributed by atoms with van der Waals surface area (Å²) in [7, 11) is 0. The third-order valence-corrected chi connectivity index (χ3v) is 12.3. The topological polar surface area (TPSA) is 233 Å². The molecular weight excluding hydrogens is 817 g/mol. The second-order valence-electron chi connectivity index (χ2n) is 15.3. The third-order valence-electron chi connectivity index (χ3n) is 12.3. The van der Waals surface area contributed by atoms with Crippen molar-refractivity contribution in [2.24, 2.45) is 0 Å². The molecule has 8 amide bonds. The third kappa shape index (κ3) is 8.94. The van der Waals surface area contributed by atoms with E-state index in [2.05, 4.69) is 42.5 Å². The highest BCUT2D eigenvalue weighted by Crippen LogP contribution is 2.33. The highest BCUT2D eigenvalue weighted by Gasteiger charge is 2.50. The minimum Gasteiger partial charge on any atom is -0.337 e. The summed E-state index contributed by atoms with van der Waals surface area (Å²) in [5, 5.41) is 21.5. The molecule has 0 bridgehead atoms. The zero-order valence-corrected chi connectivity index (χ0v) is 36.5. The molecule has 4 heterocycles. The SMILES string of the molecule is CCC1(c2ccccc2)C(=O)NCNC1=O.CCC1(c2ccccc2)C(=O)NCNC1=O.CCC1(c2ccccc2)C(=O)NCNC1=O.CCC1(c2ccccc2)C(=O)NCNC1=O. The highest BCUT2D eigenvalue weighted by molar-refractivity contribution is 6.14. The summed E-state index contributed by atoms with van der Waals surface area (Å²) >= 11 is 0. The van der Waals surface area contributed by atoms with Crippen molar-refractivity contribution in [1.82, 2.24) is 42.5 Å². The molecular formula is C48H56N8O8. The van der Waals surface area contributed by atoms with Crippen LogP contribution in [0.3, 0.4) is 0 Å². The second kappa shape index (κ2) is 21.1. The monoisotopic (exact) mass is 872 g/mol. The molecule has 4 fully saturated rings. The molecule has 0 radical (unpaired) electrons. The average molecular weight is 873 g/mol. The number of hydrogen-bond acceptors (Lipinski definition) is 8. The molecule has 4 aromatic rings. The fourth-order valence-corrected chi connectivity index (χ4v) is 8.48. The summed E-state index contributed by atoms with van der Waals surface area (Å²) < 4.78 is 0. The molecule has 0 unspecified atom stereocenters. The maximum atomic E-state index is 12.0. The number of carbonyl (C=O) groups is 8. The fourth-order valence-electron chi connectivity index (χ4n) is 8.48. The maximum absolute atomic E-state index is 12.0. The number of carbonyl (C=O) groups excluding carboxylic acids is 8. The molecule has 64 heavy (non-hydrogen) atoms. The van der Waals surface area contributed by atoms with Crippen molar-refractivity contribution in [1.29, 1.82) is 0 Å². The molecule has 16 nitrogen and oxygen atoms in total. The Bertz CT molecular complexity index is 1920. The van der Waals surface area contributed by atoms with Gasteiger partial charge in [-0.25, -0.2) is 0 Å². The van der Waals surface area contributed by atoms with Crippen LogP contribution in [0.1, 0.15) is 75.6 Å². The Morgan fingerprint density at radius 2 is 0.422 bits per heavy atom. The van der Waals surface area contributed by atoms with Crippen molar-refractivity contribution >= 4 is 47.3 Å². The summed E-state index contributed by atoms with van der Waals surface area (Å²) in [5.41, 5.74) is -1.31. The molecule has 4 aliphatic rings. The van der Waals surface area contributed by atoms with Crippen LogP contribution < -0.4 is 42.5 Å². The lowest BCUT2D eigenvalue weighted by Gasteiger charge is -2.34. The summed E-state index contributed by atoms with van der Waals surface area (Å²) in [6.07, 6.45) is 1.81. The van der Waals surface area contributed by atoms with E-state index in [0.717, 1.165) is 22.3 Å². The molecule has 336 valence electrons. The first-order valence-corrected chi connectivity index (χ1v) is 21.3. The zero-order chi connectivity index (χ0) is 46.4. The lowest BCUT2D eigenvalue weighted by Crippen LogP contribution is -2.62. The van der Waals surface area contributed by atoms with Crippen molar-refractivity contribution in [3.63, 3.8) is 0 Å². The van der Waals surface area contributed by atoms with Crippen LogP contribution in [0.5, 0.6) is 0 Å². The van der Waals surface area contributed by atoms with Gasteiger partial charge in [-0.1, -0.05) is 149 Å². The van der Waals surface area contributed by atoms with Gasteiger partial charge in [0.25, 0.3) is 0 Å². The molecule has 0 atom stereocenters. The van der Waals surface area contributed by atoms with E-state index in [1.54, 1.807) is 0 Å². The molecule has 4 aromatic carbocycles. The van der Waals surface area contributed by atoms with Crippen molar-refractivity contribution in [2.75, 3.05) is 26.7 Å². The van der Waals surface area contributed by atoms with Crippen LogP contribution in [0.15, 0.2) is 121 Å². The van der Waals surface area contributed by atoms with E-state index in [4.69, 9.17) is 0 Å². The molecule has 8 N–H and O–H groups in total. The Kier molecular flexibility index (Phi) is 15.8. The average Bonchev–Trinajstić information content (AvgIpc) is 3.32. The predicted molar refractivity (Wildman–Crippen MR) is 238 cm³/mol. The van der Waals surface area contributed by atoms with Crippen LogP contribution in [0.4, 0.5) is 0 Å². The number of nitrogens with one attached hydrogen (secondary N) is 8. The Balaban J connectivity index is 0.000000161. The number of hydrogen-bond donors (Lipinski definition) is 8. The summed E-state index contributed by atoms with van der Waals surface area (Å²) in [6, 6.07) is 36.7. The largest absolute Gasteiger partial charge is 0.337 e. The molecule has 0 spiro atoms. The van der Waals surface area contributed by atoms with Gasteiger partial charge in [0.15, 0.2) is 21.7 Å². The molecule has 16 heteroatoms. The molecule has 4 aliphatic heterocycles. The smallest absolute Gasteiger partial charge is 0.241 e. The van der Waals surface area contributed by atoms with Crippen molar-refractivity contribution in [2.45, 2.75) is 75.0 Å². The van der Waals surface area contributed by atoms with E-state index in [9.17, 15) is 38.4 Å².